The predicted molar refractivity (Wildman–Crippen MR) is 153 cm³/mol. The Morgan fingerprint density at radius 3 is 2.37 bits per heavy atom. The van der Waals surface area contributed by atoms with E-state index in [2.05, 4.69) is 53.3 Å². The number of nitrogens with one attached hydrogen (secondary N) is 1. The van der Waals surface area contributed by atoms with Crippen molar-refractivity contribution in [2.24, 2.45) is 0 Å². The highest BCUT2D eigenvalue weighted by molar-refractivity contribution is 7.17. The zero-order valence-corrected chi connectivity index (χ0v) is 22.6. The highest BCUT2D eigenvalue weighted by Gasteiger charge is 2.23. The van der Waals surface area contributed by atoms with Crippen molar-refractivity contribution in [1.82, 2.24) is 4.90 Å². The molecular weight excluding hydrogens is 514 g/mol. The second-order valence-electron chi connectivity index (χ2n) is 9.16. The minimum absolute atomic E-state index is 0.174. The van der Waals surface area contributed by atoms with E-state index in [1.807, 2.05) is 53.2 Å². The summed E-state index contributed by atoms with van der Waals surface area (Å²) in [7, 11) is 2.07. The fourth-order valence-electron chi connectivity index (χ4n) is 4.41. The van der Waals surface area contributed by atoms with Gasteiger partial charge in [0.05, 0.1) is 11.8 Å². The molecule has 2 heterocycles. The van der Waals surface area contributed by atoms with Crippen LogP contribution in [0, 0.1) is 0 Å². The lowest BCUT2D eigenvalue weighted by molar-refractivity contribution is -0.371. The van der Waals surface area contributed by atoms with E-state index in [9.17, 15) is 14.7 Å². The Morgan fingerprint density at radius 1 is 0.868 bits per heavy atom. The van der Waals surface area contributed by atoms with Gasteiger partial charge in [0.15, 0.2) is 0 Å². The van der Waals surface area contributed by atoms with Crippen LogP contribution in [0.1, 0.15) is 16.1 Å². The lowest BCUT2D eigenvalue weighted by Crippen LogP contribution is -2.37. The van der Waals surface area contributed by atoms with E-state index in [1.54, 1.807) is 11.3 Å². The van der Waals surface area contributed by atoms with Gasteiger partial charge in [-0.2, -0.15) is 4.98 Å². The number of aromatic nitrogens is 1. The normalized spacial score (nSPS) is 11.0. The number of thiazole rings is 1. The maximum atomic E-state index is 13.2. The Morgan fingerprint density at radius 2 is 1.61 bits per heavy atom. The van der Waals surface area contributed by atoms with Gasteiger partial charge >= 0.3 is 5.97 Å². The van der Waals surface area contributed by atoms with Gasteiger partial charge in [0, 0.05) is 29.5 Å². The number of H-pyrrole nitrogens is 1. The number of benzene rings is 3. The van der Waals surface area contributed by atoms with Crippen LogP contribution in [0.3, 0.4) is 0 Å². The van der Waals surface area contributed by atoms with E-state index in [0.29, 0.717) is 0 Å². The summed E-state index contributed by atoms with van der Waals surface area (Å²) in [4.78, 5) is 31.7. The third kappa shape index (κ3) is 6.10. The summed E-state index contributed by atoms with van der Waals surface area (Å²) in [5, 5.41) is 15.3. The second-order valence-corrected chi connectivity index (χ2v) is 11.0. The highest BCUT2D eigenvalue weighted by atomic mass is 32.1. The van der Waals surface area contributed by atoms with Gasteiger partial charge < -0.3 is 14.9 Å². The number of hydrogen-bond donors (Lipinski definition) is 1. The molecule has 0 atom stereocenters. The van der Waals surface area contributed by atoms with E-state index in [-0.39, 0.29) is 25.4 Å². The van der Waals surface area contributed by atoms with Crippen LogP contribution in [0.5, 0.6) is 0 Å². The van der Waals surface area contributed by atoms with Crippen LogP contribution in [0.15, 0.2) is 89.6 Å². The molecule has 0 spiro atoms. The van der Waals surface area contributed by atoms with Crippen LogP contribution in [0.25, 0.3) is 21.3 Å². The quantitative estimate of drug-likeness (QED) is 0.244. The van der Waals surface area contributed by atoms with Crippen LogP contribution >= 0.6 is 22.7 Å². The van der Waals surface area contributed by atoms with Crippen LogP contribution in [0.4, 0.5) is 5.69 Å². The molecule has 5 aromatic rings. The van der Waals surface area contributed by atoms with Crippen molar-refractivity contribution < 1.29 is 19.7 Å². The van der Waals surface area contributed by atoms with Gasteiger partial charge in [-0.1, -0.05) is 59.9 Å². The molecule has 0 aliphatic heterocycles. The zero-order valence-electron chi connectivity index (χ0n) is 21.0. The Labute approximate surface area is 229 Å². The number of amides is 1. The molecule has 0 bridgehead atoms. The summed E-state index contributed by atoms with van der Waals surface area (Å²) in [5.74, 6) is -1.23. The molecule has 0 aliphatic carbocycles. The Balaban J connectivity index is 1.26. The van der Waals surface area contributed by atoms with Crippen molar-refractivity contribution in [3.05, 3.63) is 106 Å². The molecule has 2 N–H and O–H groups in total. The zero-order chi connectivity index (χ0) is 26.5. The molecule has 3 aromatic carbocycles. The summed E-state index contributed by atoms with van der Waals surface area (Å²) in [6.45, 7) is 0.698. The first-order chi connectivity index (χ1) is 18.5. The van der Waals surface area contributed by atoms with Crippen molar-refractivity contribution >= 4 is 50.3 Å². The van der Waals surface area contributed by atoms with Crippen LogP contribution in [-0.4, -0.2) is 35.5 Å². The average Bonchev–Trinajstić information content (AvgIpc) is 3.56. The number of aliphatic carboxylic acids is 1. The summed E-state index contributed by atoms with van der Waals surface area (Å²) in [6.07, 6.45) is 0.174. The van der Waals surface area contributed by atoms with Gasteiger partial charge in [0.2, 0.25) is 11.6 Å². The number of fused-ring (bicyclic) bond motifs is 1. The smallest absolute Gasteiger partial charge is 0.323 e. The van der Waals surface area contributed by atoms with Gasteiger partial charge in [0.1, 0.15) is 13.1 Å². The fraction of sp³-hybridized carbons (Fsp3) is 0.167. The molecule has 38 heavy (non-hydrogen) atoms. The summed E-state index contributed by atoms with van der Waals surface area (Å²) in [6, 6.07) is 26.6. The largest absolute Gasteiger partial charge is 0.480 e. The monoisotopic (exact) mass is 542 g/mol. The molecule has 0 aliphatic rings. The van der Waals surface area contributed by atoms with E-state index in [1.165, 1.54) is 21.8 Å². The summed E-state index contributed by atoms with van der Waals surface area (Å²) in [5.41, 5.74) is 5.27. The topological polar surface area (TPSA) is 75.0 Å². The van der Waals surface area contributed by atoms with Crippen molar-refractivity contribution in [3.8, 4) is 11.3 Å². The lowest BCUT2D eigenvalue weighted by Gasteiger charge is -2.19. The molecule has 8 heteroatoms. The number of thiophene rings is 1. The number of aromatic amines is 1. The molecule has 192 valence electrons. The van der Waals surface area contributed by atoms with Crippen LogP contribution in [0.2, 0.25) is 0 Å². The number of anilines is 1. The van der Waals surface area contributed by atoms with Crippen molar-refractivity contribution in [1.29, 1.82) is 0 Å². The van der Waals surface area contributed by atoms with E-state index < -0.39 is 5.97 Å². The summed E-state index contributed by atoms with van der Waals surface area (Å²) >= 11 is 3.08. The maximum absolute atomic E-state index is 13.2. The second kappa shape index (κ2) is 11.6. The Bertz CT molecular complexity index is 1540. The first kappa shape index (κ1) is 25.6. The fourth-order valence-corrected chi connectivity index (χ4v) is 6.23. The molecular formula is C30H28N3O3S2+. The standard InChI is InChI=1S/C30H27N3O3S2/c1-32(16-21-7-3-2-4-8-21)24-13-11-22(12-14-24)26-20-38-28(31-26)17-33(18-30(35)36)29(34)15-23-19-37-27-10-6-5-9-25(23)27/h2-14,19-20H,15-18H2,1H3,(H,35,36)/p+1. The minimum Gasteiger partial charge on any atom is -0.480 e. The van der Waals surface area contributed by atoms with Gasteiger partial charge in [0.25, 0.3) is 5.01 Å². The Hall–Kier alpha value is -4.01. The number of nitrogens with zero attached hydrogens (tertiary/aromatic N) is 2. The molecule has 0 fully saturated rings. The van der Waals surface area contributed by atoms with Crippen LogP contribution in [-0.2, 0) is 29.1 Å². The predicted octanol–water partition coefficient (Wildman–Crippen LogP) is 5.74. The first-order valence-electron chi connectivity index (χ1n) is 12.3. The highest BCUT2D eigenvalue weighted by Crippen LogP contribution is 2.27. The SMILES string of the molecule is CN(Cc1ccccc1)c1ccc(-c2csc(CN(CC(=O)O)C(=O)Cc3csc4ccccc34)[nH+]2)cc1. The van der Waals surface area contributed by atoms with E-state index in [4.69, 9.17) is 0 Å². The van der Waals surface area contributed by atoms with Crippen molar-refractivity contribution in [2.45, 2.75) is 19.5 Å². The molecule has 6 nitrogen and oxygen atoms in total. The van der Waals surface area contributed by atoms with Gasteiger partial charge in [-0.3, -0.25) is 9.59 Å². The third-order valence-electron chi connectivity index (χ3n) is 6.39. The number of carboxylic acid groups (broad SMARTS) is 1. The maximum Gasteiger partial charge on any atom is 0.323 e. The van der Waals surface area contributed by atoms with Crippen molar-refractivity contribution in [2.75, 3.05) is 18.5 Å². The van der Waals surface area contributed by atoms with Gasteiger partial charge in [-0.05, 0) is 52.2 Å². The molecule has 0 radical (unpaired) electrons. The minimum atomic E-state index is -1.03. The van der Waals surface area contributed by atoms with E-state index in [0.717, 1.165) is 44.1 Å². The van der Waals surface area contributed by atoms with Crippen LogP contribution < -0.4 is 9.88 Å². The Kier molecular flexibility index (Phi) is 7.81. The molecule has 0 saturated carbocycles. The van der Waals surface area contributed by atoms with Gasteiger partial charge in [-0.25, -0.2) is 0 Å². The average molecular weight is 543 g/mol. The number of carbonyl (C=O) groups excluding carboxylic acids is 1. The molecule has 0 unspecified atom stereocenters. The number of rotatable bonds is 10. The first-order valence-corrected chi connectivity index (χ1v) is 14.0. The molecule has 1 amide bonds. The van der Waals surface area contributed by atoms with E-state index >= 15 is 0 Å². The molecule has 5 rings (SSSR count). The molecule has 2 aromatic heterocycles. The lowest BCUT2D eigenvalue weighted by atomic mass is 10.1. The number of hydrogen-bond acceptors (Lipinski definition) is 5. The number of carbonyl (C=O) groups is 2. The molecule has 0 saturated heterocycles. The third-order valence-corrected chi connectivity index (χ3v) is 8.27. The van der Waals surface area contributed by atoms with Crippen molar-refractivity contribution in [3.63, 3.8) is 0 Å². The number of carboxylic acids is 1. The summed E-state index contributed by atoms with van der Waals surface area (Å²) < 4.78 is 1.12. The van der Waals surface area contributed by atoms with Gasteiger partial charge in [-0.15, -0.1) is 11.3 Å².